The minimum absolute atomic E-state index is 0.215. The third kappa shape index (κ3) is 2.50. The smallest absolute Gasteiger partial charge is 0.159 e. The maximum Gasteiger partial charge on any atom is 0.159 e. The molecule has 2 heterocycles. The quantitative estimate of drug-likeness (QED) is 0.904. The zero-order valence-electron chi connectivity index (χ0n) is 10.6. The van der Waals surface area contributed by atoms with Gasteiger partial charge in [-0.15, -0.1) is 0 Å². The van der Waals surface area contributed by atoms with Gasteiger partial charge in [-0.3, -0.25) is 0 Å². The van der Waals surface area contributed by atoms with Crippen molar-refractivity contribution in [1.82, 2.24) is 5.32 Å². The number of morpholine rings is 1. The van der Waals surface area contributed by atoms with Crippen LogP contribution >= 0.6 is 0 Å². The van der Waals surface area contributed by atoms with Crippen LogP contribution in [0.15, 0.2) is 18.2 Å². The first-order chi connectivity index (χ1) is 9.20. The van der Waals surface area contributed by atoms with E-state index in [4.69, 9.17) is 9.47 Å². The molecule has 1 aromatic carbocycles. The van der Waals surface area contributed by atoms with Gasteiger partial charge in [-0.1, -0.05) is 6.07 Å². The first kappa shape index (κ1) is 13.0. The summed E-state index contributed by atoms with van der Waals surface area (Å²) in [6.07, 6.45) is 0.818. The van der Waals surface area contributed by atoms with Crippen molar-refractivity contribution in [3.8, 4) is 0 Å². The monoisotopic (exact) mass is 269 g/mol. The summed E-state index contributed by atoms with van der Waals surface area (Å²) in [6, 6.07) is 4.38. The molecule has 1 atom stereocenters. The van der Waals surface area contributed by atoms with E-state index in [0.717, 1.165) is 25.1 Å². The summed E-state index contributed by atoms with van der Waals surface area (Å²) in [4.78, 5) is 0. The van der Waals surface area contributed by atoms with E-state index in [1.54, 1.807) is 6.07 Å². The highest BCUT2D eigenvalue weighted by Crippen LogP contribution is 2.37. The van der Waals surface area contributed by atoms with Crippen LogP contribution in [-0.4, -0.2) is 39.0 Å². The molecule has 3 rings (SSSR count). The van der Waals surface area contributed by atoms with Gasteiger partial charge in [-0.2, -0.15) is 0 Å². The Morgan fingerprint density at radius 3 is 2.63 bits per heavy atom. The fourth-order valence-electron chi connectivity index (χ4n) is 2.80. The Labute approximate surface area is 110 Å². The molecule has 2 aliphatic heterocycles. The number of halogens is 2. The average Bonchev–Trinajstić information content (AvgIpc) is 2.38. The van der Waals surface area contributed by atoms with E-state index in [0.29, 0.717) is 19.8 Å². The van der Waals surface area contributed by atoms with Gasteiger partial charge >= 0.3 is 0 Å². The molecular formula is C14H17F2NO2. The normalized spacial score (nSPS) is 25.9. The van der Waals surface area contributed by atoms with E-state index in [-0.39, 0.29) is 11.5 Å². The van der Waals surface area contributed by atoms with Gasteiger partial charge in [0.1, 0.15) is 0 Å². The van der Waals surface area contributed by atoms with Gasteiger partial charge in [-0.05, 0) is 24.1 Å². The lowest BCUT2D eigenvalue weighted by Crippen LogP contribution is -2.53. The van der Waals surface area contributed by atoms with E-state index < -0.39 is 11.6 Å². The number of nitrogens with one attached hydrogen (secondary N) is 1. The van der Waals surface area contributed by atoms with Gasteiger partial charge in [0.05, 0.1) is 26.4 Å². The van der Waals surface area contributed by atoms with E-state index >= 15 is 0 Å². The molecule has 0 amide bonds. The zero-order chi connectivity index (χ0) is 13.3. The molecule has 2 saturated heterocycles. The molecule has 0 aliphatic carbocycles. The van der Waals surface area contributed by atoms with Crippen molar-refractivity contribution in [3.63, 3.8) is 0 Å². The summed E-state index contributed by atoms with van der Waals surface area (Å²) in [5.41, 5.74) is 0.595. The van der Waals surface area contributed by atoms with Crippen LogP contribution in [0.5, 0.6) is 0 Å². The number of hydrogen-bond acceptors (Lipinski definition) is 3. The lowest BCUT2D eigenvalue weighted by molar-refractivity contribution is -0.0754. The Morgan fingerprint density at radius 1 is 1.21 bits per heavy atom. The second-order valence-electron chi connectivity index (χ2n) is 5.33. The number of rotatable bonds is 3. The van der Waals surface area contributed by atoms with Crippen molar-refractivity contribution in [3.05, 3.63) is 35.4 Å². The highest BCUT2D eigenvalue weighted by Gasteiger charge is 2.42. The first-order valence-corrected chi connectivity index (χ1v) is 6.54. The van der Waals surface area contributed by atoms with Gasteiger partial charge in [0.15, 0.2) is 11.6 Å². The zero-order valence-corrected chi connectivity index (χ0v) is 10.6. The van der Waals surface area contributed by atoms with Crippen LogP contribution in [0.2, 0.25) is 0 Å². The minimum atomic E-state index is -0.807. The Morgan fingerprint density at radius 2 is 2.05 bits per heavy atom. The second kappa shape index (κ2) is 5.15. The molecule has 3 nitrogen and oxygen atoms in total. The lowest BCUT2D eigenvalue weighted by Gasteiger charge is -2.44. The lowest BCUT2D eigenvalue weighted by atomic mass is 9.73. The van der Waals surface area contributed by atoms with Crippen LogP contribution in [0.1, 0.15) is 12.0 Å². The fraction of sp³-hybridized carbons (Fsp3) is 0.571. The van der Waals surface area contributed by atoms with Crippen molar-refractivity contribution < 1.29 is 18.3 Å². The van der Waals surface area contributed by atoms with Gasteiger partial charge in [0, 0.05) is 18.0 Å². The molecule has 2 aliphatic rings. The van der Waals surface area contributed by atoms with E-state index in [1.165, 1.54) is 12.1 Å². The van der Waals surface area contributed by atoms with Crippen molar-refractivity contribution >= 4 is 0 Å². The molecule has 2 fully saturated rings. The van der Waals surface area contributed by atoms with Crippen LogP contribution < -0.4 is 5.32 Å². The van der Waals surface area contributed by atoms with Crippen LogP contribution in [0, 0.1) is 11.6 Å². The molecule has 19 heavy (non-hydrogen) atoms. The van der Waals surface area contributed by atoms with Crippen LogP contribution in [0.3, 0.4) is 0 Å². The van der Waals surface area contributed by atoms with Crippen molar-refractivity contribution in [2.24, 2.45) is 0 Å². The van der Waals surface area contributed by atoms with Crippen LogP contribution in [-0.2, 0) is 14.9 Å². The number of ether oxygens (including phenoxy) is 2. The summed E-state index contributed by atoms with van der Waals surface area (Å²) >= 11 is 0. The molecule has 0 aromatic heterocycles. The Balaban J connectivity index is 1.79. The Bertz CT molecular complexity index is 457. The fourth-order valence-corrected chi connectivity index (χ4v) is 2.80. The number of hydrogen-bond donors (Lipinski definition) is 1. The third-order valence-corrected chi connectivity index (χ3v) is 3.92. The van der Waals surface area contributed by atoms with Crippen LogP contribution in [0.4, 0.5) is 8.78 Å². The molecular weight excluding hydrogens is 252 g/mol. The largest absolute Gasteiger partial charge is 0.379 e. The second-order valence-corrected chi connectivity index (χ2v) is 5.33. The first-order valence-electron chi connectivity index (χ1n) is 6.54. The van der Waals surface area contributed by atoms with Gasteiger partial charge in [0.2, 0.25) is 0 Å². The maximum atomic E-state index is 13.4. The molecule has 1 aromatic rings. The summed E-state index contributed by atoms with van der Waals surface area (Å²) in [5, 5.41) is 3.39. The van der Waals surface area contributed by atoms with E-state index in [1.807, 2.05) is 0 Å². The molecule has 0 radical (unpaired) electrons. The Hall–Kier alpha value is -1.04. The average molecular weight is 269 g/mol. The Kier molecular flexibility index (Phi) is 3.52. The van der Waals surface area contributed by atoms with E-state index in [9.17, 15) is 8.78 Å². The van der Waals surface area contributed by atoms with Crippen molar-refractivity contribution in [2.75, 3.05) is 33.0 Å². The minimum Gasteiger partial charge on any atom is -0.379 e. The predicted molar refractivity (Wildman–Crippen MR) is 66.1 cm³/mol. The molecule has 0 spiro atoms. The summed E-state index contributed by atoms with van der Waals surface area (Å²) in [6.45, 7) is 3.32. The van der Waals surface area contributed by atoms with Gasteiger partial charge in [-0.25, -0.2) is 8.78 Å². The van der Waals surface area contributed by atoms with Crippen molar-refractivity contribution in [2.45, 2.75) is 17.9 Å². The SMILES string of the molecule is Fc1ccc(C2(CC3COCCN3)COC2)cc1F. The van der Waals surface area contributed by atoms with E-state index in [2.05, 4.69) is 5.32 Å². The third-order valence-electron chi connectivity index (χ3n) is 3.92. The molecule has 5 heteroatoms. The maximum absolute atomic E-state index is 13.4. The molecule has 1 unspecified atom stereocenters. The molecule has 0 bridgehead atoms. The van der Waals surface area contributed by atoms with Crippen LogP contribution in [0.25, 0.3) is 0 Å². The highest BCUT2D eigenvalue weighted by atomic mass is 19.2. The van der Waals surface area contributed by atoms with Gasteiger partial charge < -0.3 is 14.8 Å². The molecule has 1 N–H and O–H groups in total. The highest BCUT2D eigenvalue weighted by molar-refractivity contribution is 5.29. The van der Waals surface area contributed by atoms with Crippen molar-refractivity contribution in [1.29, 1.82) is 0 Å². The number of benzene rings is 1. The molecule has 0 saturated carbocycles. The topological polar surface area (TPSA) is 30.5 Å². The molecule has 104 valence electrons. The summed E-state index contributed by atoms with van der Waals surface area (Å²) in [7, 11) is 0. The summed E-state index contributed by atoms with van der Waals surface area (Å²) < 4.78 is 37.2. The standard InChI is InChI=1S/C14H17F2NO2/c15-12-2-1-10(5-13(12)16)14(8-19-9-14)6-11-7-18-4-3-17-11/h1-2,5,11,17H,3-4,6-9H2. The predicted octanol–water partition coefficient (Wildman–Crippen LogP) is 1.61. The van der Waals surface area contributed by atoms with Gasteiger partial charge in [0.25, 0.3) is 0 Å². The summed E-state index contributed by atoms with van der Waals surface area (Å²) in [5.74, 6) is -1.60.